The number of nitrogens with one attached hydrogen (secondary N) is 2. The largest absolute Gasteiger partial charge is 0.352 e. The summed E-state index contributed by atoms with van der Waals surface area (Å²) in [6, 6.07) is 10.8. The number of rotatable bonds is 7. The van der Waals surface area contributed by atoms with E-state index < -0.39 is 15.9 Å². The Kier molecular flexibility index (Phi) is 7.92. The molecule has 1 aliphatic rings. The Labute approximate surface area is 194 Å². The number of hydrogen-bond donors (Lipinski definition) is 2. The summed E-state index contributed by atoms with van der Waals surface area (Å²) >= 11 is 6.23. The molecular weight excluding hydrogens is 450 g/mol. The van der Waals surface area contributed by atoms with Crippen molar-refractivity contribution in [2.24, 2.45) is 5.92 Å². The van der Waals surface area contributed by atoms with E-state index in [2.05, 4.69) is 17.6 Å². The third kappa shape index (κ3) is 5.49. The number of sulfonamides is 1. The third-order valence-electron chi connectivity index (χ3n) is 5.52. The van der Waals surface area contributed by atoms with E-state index >= 15 is 0 Å². The number of carbonyl (C=O) groups is 2. The second-order valence-corrected chi connectivity index (χ2v) is 10.3. The van der Waals surface area contributed by atoms with Gasteiger partial charge in [-0.05, 0) is 55.5 Å². The Balaban J connectivity index is 1.85. The van der Waals surface area contributed by atoms with Crippen LogP contribution in [0.5, 0.6) is 0 Å². The molecule has 0 saturated carbocycles. The highest BCUT2D eigenvalue weighted by molar-refractivity contribution is 7.89. The van der Waals surface area contributed by atoms with Gasteiger partial charge in [-0.2, -0.15) is 4.31 Å². The zero-order valence-corrected chi connectivity index (χ0v) is 19.8. The molecule has 1 fully saturated rings. The molecule has 9 heteroatoms. The molecule has 1 aliphatic heterocycles. The van der Waals surface area contributed by atoms with Crippen LogP contribution in [-0.4, -0.2) is 44.2 Å². The Hall–Kier alpha value is -2.42. The Morgan fingerprint density at radius 3 is 2.44 bits per heavy atom. The van der Waals surface area contributed by atoms with Gasteiger partial charge in [0.05, 0.1) is 26.7 Å². The summed E-state index contributed by atoms with van der Waals surface area (Å²) in [5.41, 5.74) is 0.666. The van der Waals surface area contributed by atoms with Crippen LogP contribution in [0.15, 0.2) is 47.4 Å². The van der Waals surface area contributed by atoms with Crippen LogP contribution >= 0.6 is 11.6 Å². The van der Waals surface area contributed by atoms with Gasteiger partial charge in [0.1, 0.15) is 0 Å². The van der Waals surface area contributed by atoms with E-state index in [-0.39, 0.29) is 21.4 Å². The first kappa shape index (κ1) is 24.2. The van der Waals surface area contributed by atoms with Crippen LogP contribution in [0.2, 0.25) is 5.02 Å². The maximum atomic E-state index is 13.1. The number of benzene rings is 2. The number of piperidine rings is 1. The van der Waals surface area contributed by atoms with Crippen LogP contribution in [0.25, 0.3) is 0 Å². The van der Waals surface area contributed by atoms with Crippen LogP contribution in [0.1, 0.15) is 53.8 Å². The fraction of sp³-hybridized carbons (Fsp3) is 0.391. The predicted molar refractivity (Wildman–Crippen MR) is 126 cm³/mol. The molecule has 0 radical (unpaired) electrons. The fourth-order valence-electron chi connectivity index (χ4n) is 3.53. The number of halogens is 1. The molecule has 0 bridgehead atoms. The lowest BCUT2D eigenvalue weighted by Crippen LogP contribution is -2.37. The predicted octanol–water partition coefficient (Wildman–Crippen LogP) is 4.15. The SMILES string of the molecule is CCCNC(=O)c1ccccc1NC(=O)c1cc(S(=O)(=O)N2CCC(C)CC2)ccc1Cl. The molecule has 32 heavy (non-hydrogen) atoms. The van der Waals surface area contributed by atoms with Crippen LogP contribution in [0.3, 0.4) is 0 Å². The lowest BCUT2D eigenvalue weighted by Gasteiger charge is -2.29. The van der Waals surface area contributed by atoms with Crippen molar-refractivity contribution >= 4 is 39.1 Å². The summed E-state index contributed by atoms with van der Waals surface area (Å²) in [5.74, 6) is -0.401. The molecule has 172 valence electrons. The zero-order chi connectivity index (χ0) is 23.3. The molecule has 1 heterocycles. The molecule has 0 aromatic heterocycles. The minimum atomic E-state index is -3.73. The number of nitrogens with zero attached hydrogens (tertiary/aromatic N) is 1. The van der Waals surface area contributed by atoms with Gasteiger partial charge in [0.25, 0.3) is 11.8 Å². The summed E-state index contributed by atoms with van der Waals surface area (Å²) < 4.78 is 27.6. The minimum absolute atomic E-state index is 0.0237. The van der Waals surface area contributed by atoms with Crippen molar-refractivity contribution in [1.29, 1.82) is 0 Å². The average molecular weight is 478 g/mol. The molecule has 0 atom stereocenters. The van der Waals surface area contributed by atoms with Gasteiger partial charge in [-0.3, -0.25) is 9.59 Å². The van der Waals surface area contributed by atoms with Gasteiger partial charge in [-0.15, -0.1) is 0 Å². The first-order chi connectivity index (χ1) is 15.2. The molecule has 0 unspecified atom stereocenters. The van der Waals surface area contributed by atoms with Gasteiger partial charge < -0.3 is 10.6 Å². The number of amides is 2. The summed E-state index contributed by atoms with van der Waals surface area (Å²) in [6.07, 6.45) is 2.39. The van der Waals surface area contributed by atoms with Gasteiger partial charge in [-0.1, -0.05) is 37.6 Å². The molecule has 0 spiro atoms. The van der Waals surface area contributed by atoms with Crippen molar-refractivity contribution in [3.8, 4) is 0 Å². The smallest absolute Gasteiger partial charge is 0.257 e. The van der Waals surface area contributed by atoms with E-state index in [4.69, 9.17) is 11.6 Å². The second-order valence-electron chi connectivity index (χ2n) is 7.98. The van der Waals surface area contributed by atoms with E-state index in [0.29, 0.717) is 36.8 Å². The maximum absolute atomic E-state index is 13.1. The Morgan fingerprint density at radius 2 is 1.75 bits per heavy atom. The van der Waals surface area contributed by atoms with Crippen LogP contribution in [0.4, 0.5) is 5.69 Å². The van der Waals surface area contributed by atoms with Crippen molar-refractivity contribution in [1.82, 2.24) is 9.62 Å². The van der Waals surface area contributed by atoms with Crippen molar-refractivity contribution in [2.45, 2.75) is 38.0 Å². The molecule has 0 aliphatic carbocycles. The summed E-state index contributed by atoms with van der Waals surface area (Å²) in [7, 11) is -3.73. The summed E-state index contributed by atoms with van der Waals surface area (Å²) in [5, 5.41) is 5.60. The first-order valence-electron chi connectivity index (χ1n) is 10.7. The number of para-hydroxylation sites is 1. The quantitative estimate of drug-likeness (QED) is 0.626. The molecule has 2 aromatic carbocycles. The Bertz CT molecular complexity index is 1100. The number of carbonyl (C=O) groups excluding carboxylic acids is 2. The molecule has 3 rings (SSSR count). The number of hydrogen-bond acceptors (Lipinski definition) is 4. The highest BCUT2D eigenvalue weighted by Crippen LogP contribution is 2.27. The zero-order valence-electron chi connectivity index (χ0n) is 18.2. The number of anilines is 1. The third-order valence-corrected chi connectivity index (χ3v) is 7.74. The second kappa shape index (κ2) is 10.5. The first-order valence-corrected chi connectivity index (χ1v) is 12.5. The summed E-state index contributed by atoms with van der Waals surface area (Å²) in [4.78, 5) is 25.4. The van der Waals surface area contributed by atoms with Gasteiger partial charge in [-0.25, -0.2) is 8.42 Å². The highest BCUT2D eigenvalue weighted by atomic mass is 35.5. The fourth-order valence-corrected chi connectivity index (χ4v) is 5.23. The lowest BCUT2D eigenvalue weighted by atomic mass is 10.0. The minimum Gasteiger partial charge on any atom is -0.352 e. The van der Waals surface area contributed by atoms with Gasteiger partial charge in [0.2, 0.25) is 10.0 Å². The molecule has 2 amide bonds. The molecule has 2 N–H and O–H groups in total. The van der Waals surface area contributed by atoms with Gasteiger partial charge in [0, 0.05) is 19.6 Å². The topological polar surface area (TPSA) is 95.6 Å². The van der Waals surface area contributed by atoms with Crippen LogP contribution < -0.4 is 10.6 Å². The maximum Gasteiger partial charge on any atom is 0.257 e. The normalized spacial score (nSPS) is 15.3. The highest BCUT2D eigenvalue weighted by Gasteiger charge is 2.29. The molecule has 1 saturated heterocycles. The summed E-state index contributed by atoms with van der Waals surface area (Å²) in [6.45, 7) is 5.47. The van der Waals surface area contributed by atoms with Crippen molar-refractivity contribution in [3.05, 3.63) is 58.6 Å². The van der Waals surface area contributed by atoms with Crippen molar-refractivity contribution in [3.63, 3.8) is 0 Å². The van der Waals surface area contributed by atoms with Crippen LogP contribution in [0, 0.1) is 5.92 Å². The average Bonchev–Trinajstić information content (AvgIpc) is 2.78. The monoisotopic (exact) mass is 477 g/mol. The molecule has 7 nitrogen and oxygen atoms in total. The molecule has 2 aromatic rings. The van der Waals surface area contributed by atoms with Gasteiger partial charge >= 0.3 is 0 Å². The van der Waals surface area contributed by atoms with E-state index in [1.54, 1.807) is 24.3 Å². The standard InChI is InChI=1S/C23H28ClN3O4S/c1-3-12-25-22(28)18-6-4-5-7-21(18)26-23(29)19-15-17(8-9-20(19)24)32(30,31)27-13-10-16(2)11-14-27/h4-9,15-16H,3,10-14H2,1-2H3,(H,25,28)(H,26,29). The van der Waals surface area contributed by atoms with E-state index in [9.17, 15) is 18.0 Å². The van der Waals surface area contributed by atoms with Crippen LogP contribution in [-0.2, 0) is 10.0 Å². The van der Waals surface area contributed by atoms with E-state index in [1.807, 2.05) is 6.92 Å². The van der Waals surface area contributed by atoms with Gasteiger partial charge in [0.15, 0.2) is 0 Å². The molecular formula is C23H28ClN3O4S. The van der Waals surface area contributed by atoms with E-state index in [0.717, 1.165) is 19.3 Å². The Morgan fingerprint density at radius 1 is 1.06 bits per heavy atom. The van der Waals surface area contributed by atoms with Crippen molar-refractivity contribution < 1.29 is 18.0 Å². The lowest BCUT2D eigenvalue weighted by molar-refractivity contribution is 0.0954. The van der Waals surface area contributed by atoms with Crippen molar-refractivity contribution in [2.75, 3.05) is 25.0 Å². The van der Waals surface area contributed by atoms with E-state index in [1.165, 1.54) is 22.5 Å².